The number of hydrogen-bond acceptors (Lipinski definition) is 6. The first-order chi connectivity index (χ1) is 17.7. The molecule has 8 nitrogen and oxygen atoms in total. The topological polar surface area (TPSA) is 122 Å². The fourth-order valence-electron chi connectivity index (χ4n) is 3.50. The van der Waals surface area contributed by atoms with Crippen molar-refractivity contribution in [2.24, 2.45) is 0 Å². The number of halogens is 1. The second-order valence-electron chi connectivity index (χ2n) is 8.08. The van der Waals surface area contributed by atoms with Crippen LogP contribution >= 0.6 is 0 Å². The summed E-state index contributed by atoms with van der Waals surface area (Å²) in [6, 6.07) is 18.5. The molecular weight excluding hydrogens is 481 g/mol. The van der Waals surface area contributed by atoms with Crippen molar-refractivity contribution in [2.45, 2.75) is 32.0 Å². The summed E-state index contributed by atoms with van der Waals surface area (Å²) in [7, 11) is 0. The Morgan fingerprint density at radius 2 is 1.73 bits per heavy atom. The Morgan fingerprint density at radius 3 is 2.35 bits per heavy atom. The molecule has 3 N–H and O–H groups in total. The molecule has 2 atom stereocenters. The Kier molecular flexibility index (Phi) is 9.37. The summed E-state index contributed by atoms with van der Waals surface area (Å²) < 4.78 is 26.0. The average Bonchev–Trinajstić information content (AvgIpc) is 2.87. The number of carbonyl (C=O) groups is 3. The summed E-state index contributed by atoms with van der Waals surface area (Å²) in [5, 5.41) is 21.1. The molecule has 0 bridgehead atoms. The van der Waals surface area contributed by atoms with E-state index in [2.05, 4.69) is 5.32 Å². The number of carbonyl (C=O) groups excluding carboxylic acids is 2. The quantitative estimate of drug-likeness (QED) is 0.218. The van der Waals surface area contributed by atoms with Gasteiger partial charge in [0, 0.05) is 17.3 Å². The van der Waals surface area contributed by atoms with Gasteiger partial charge in [0.15, 0.2) is 23.5 Å². The smallest absolute Gasteiger partial charge is 0.412 e. The van der Waals surface area contributed by atoms with Crippen LogP contribution in [0.15, 0.2) is 84.9 Å². The maximum Gasteiger partial charge on any atom is 0.412 e. The lowest BCUT2D eigenvalue weighted by Gasteiger charge is -2.28. The maximum absolute atomic E-state index is 14.3. The van der Waals surface area contributed by atoms with Gasteiger partial charge < -0.3 is 19.7 Å². The summed E-state index contributed by atoms with van der Waals surface area (Å²) in [6.07, 6.45) is 0.0598. The van der Waals surface area contributed by atoms with Gasteiger partial charge >= 0.3 is 12.1 Å². The van der Waals surface area contributed by atoms with E-state index < -0.39 is 35.8 Å². The van der Waals surface area contributed by atoms with E-state index >= 15 is 0 Å². The van der Waals surface area contributed by atoms with Gasteiger partial charge in [0.25, 0.3) is 0 Å². The van der Waals surface area contributed by atoms with Crippen LogP contribution in [-0.2, 0) is 9.53 Å². The molecule has 0 unspecified atom stereocenters. The number of aliphatic carboxylic acids is 1. The summed E-state index contributed by atoms with van der Waals surface area (Å²) in [6.45, 7) is 1.43. The molecule has 192 valence electrons. The number of Topliss-reactive ketones (excluding diaryl/α,β-unsaturated/α-hetero) is 1. The molecule has 0 spiro atoms. The van der Waals surface area contributed by atoms with Crippen molar-refractivity contribution in [3.63, 3.8) is 0 Å². The van der Waals surface area contributed by atoms with E-state index in [1.54, 1.807) is 54.6 Å². The Bertz CT molecular complexity index is 1260. The van der Waals surface area contributed by atoms with Crippen molar-refractivity contribution in [1.82, 2.24) is 0 Å². The zero-order chi connectivity index (χ0) is 26.8. The highest BCUT2D eigenvalue weighted by Crippen LogP contribution is 2.31. The predicted molar refractivity (Wildman–Crippen MR) is 134 cm³/mol. The fraction of sp³-hybridized carbons (Fsp3) is 0.179. The van der Waals surface area contributed by atoms with Gasteiger partial charge in [-0.2, -0.15) is 0 Å². The number of para-hydroxylation sites is 1. The molecule has 37 heavy (non-hydrogen) atoms. The largest absolute Gasteiger partial charge is 0.505 e. The zero-order valence-corrected chi connectivity index (χ0v) is 20.0. The Balaban J connectivity index is 1.89. The van der Waals surface area contributed by atoms with Gasteiger partial charge in [-0.05, 0) is 73.9 Å². The lowest BCUT2D eigenvalue weighted by molar-refractivity contribution is -0.131. The number of anilines is 1. The van der Waals surface area contributed by atoms with Crippen LogP contribution < -0.4 is 10.1 Å². The molecule has 3 rings (SSSR count). The van der Waals surface area contributed by atoms with Gasteiger partial charge in [0.1, 0.15) is 11.9 Å². The molecular formula is C28H26FNO7. The highest BCUT2D eigenvalue weighted by Gasteiger charge is 2.30. The molecule has 0 heterocycles. The number of ether oxygens (including phenoxy) is 2. The van der Waals surface area contributed by atoms with E-state index in [1.807, 2.05) is 0 Å². The number of allylic oxidation sites excluding steroid dienone is 1. The highest BCUT2D eigenvalue weighted by atomic mass is 19.1. The SMILES string of the molecule is CC(=O)c1ccc(NC(=O)O[C@@H](c2ccc(O)c(F)c2)[C@H](CC/C=C/C(=O)O)Oc2ccccc2)cc1. The monoisotopic (exact) mass is 507 g/mol. The van der Waals surface area contributed by atoms with E-state index in [0.29, 0.717) is 17.0 Å². The molecule has 3 aromatic carbocycles. The third-order valence-corrected chi connectivity index (χ3v) is 5.32. The van der Waals surface area contributed by atoms with Crippen molar-refractivity contribution in [1.29, 1.82) is 0 Å². The molecule has 0 aliphatic rings. The van der Waals surface area contributed by atoms with Crippen molar-refractivity contribution in [2.75, 3.05) is 5.32 Å². The van der Waals surface area contributed by atoms with Crippen molar-refractivity contribution >= 4 is 23.5 Å². The average molecular weight is 508 g/mol. The minimum atomic E-state index is -1.13. The number of aromatic hydroxyl groups is 1. The van der Waals surface area contributed by atoms with E-state index in [1.165, 1.54) is 19.1 Å². The first-order valence-electron chi connectivity index (χ1n) is 11.4. The minimum Gasteiger partial charge on any atom is -0.505 e. The molecule has 0 fully saturated rings. The van der Waals surface area contributed by atoms with Gasteiger partial charge in [0.05, 0.1) is 0 Å². The molecule has 9 heteroatoms. The van der Waals surface area contributed by atoms with Crippen LogP contribution in [0.25, 0.3) is 0 Å². The normalized spacial score (nSPS) is 12.5. The number of nitrogens with one attached hydrogen (secondary N) is 1. The number of ketones is 1. The van der Waals surface area contributed by atoms with Crippen LogP contribution in [0.5, 0.6) is 11.5 Å². The van der Waals surface area contributed by atoms with Crippen molar-refractivity contribution < 1.29 is 38.5 Å². The minimum absolute atomic E-state index is 0.124. The standard InChI is InChI=1S/C28H26FNO7/c1-18(31)19-11-14-21(15-12-19)30-28(35)37-27(20-13-16-24(32)23(29)17-20)25(9-5-6-10-26(33)34)36-22-7-3-2-4-8-22/h2-4,6-8,10-17,25,27,32H,5,9H2,1H3,(H,30,35)(H,33,34)/b10-6+/t25-,27-/m0/s1. The summed E-state index contributed by atoms with van der Waals surface area (Å²) in [4.78, 5) is 35.2. The van der Waals surface area contributed by atoms with Gasteiger partial charge in [-0.25, -0.2) is 14.0 Å². The van der Waals surface area contributed by atoms with E-state index in [9.17, 15) is 23.9 Å². The molecule has 3 aromatic rings. The maximum atomic E-state index is 14.3. The number of hydrogen-bond donors (Lipinski definition) is 3. The van der Waals surface area contributed by atoms with Crippen LogP contribution in [-0.4, -0.2) is 34.2 Å². The summed E-state index contributed by atoms with van der Waals surface area (Å²) in [5.41, 5.74) is 1.07. The molecule has 0 saturated carbocycles. The Labute approximate surface area is 213 Å². The molecule has 0 aliphatic carbocycles. The Hall–Kier alpha value is -4.66. The summed E-state index contributed by atoms with van der Waals surface area (Å²) in [5.74, 6) is -2.24. The zero-order valence-electron chi connectivity index (χ0n) is 20.0. The lowest BCUT2D eigenvalue weighted by atomic mass is 9.99. The molecule has 1 amide bonds. The van der Waals surface area contributed by atoms with Gasteiger partial charge in [-0.1, -0.05) is 30.3 Å². The highest BCUT2D eigenvalue weighted by molar-refractivity contribution is 5.95. The first kappa shape index (κ1) is 26.9. The van der Waals surface area contributed by atoms with Crippen LogP contribution in [0.2, 0.25) is 0 Å². The number of carboxylic acids is 1. The third-order valence-electron chi connectivity index (χ3n) is 5.32. The first-order valence-corrected chi connectivity index (χ1v) is 11.4. The third kappa shape index (κ3) is 8.21. The number of carboxylic acid groups (broad SMARTS) is 1. The molecule has 0 radical (unpaired) electrons. The molecule has 0 saturated heterocycles. The van der Waals surface area contributed by atoms with Crippen LogP contribution in [0.1, 0.15) is 41.8 Å². The molecule has 0 aromatic heterocycles. The predicted octanol–water partition coefficient (Wildman–Crippen LogP) is 5.89. The van der Waals surface area contributed by atoms with Gasteiger partial charge in [-0.15, -0.1) is 0 Å². The number of amides is 1. The second-order valence-corrected chi connectivity index (χ2v) is 8.08. The molecule has 0 aliphatic heterocycles. The number of benzene rings is 3. The number of phenolic OH excluding ortho intramolecular Hbond substituents is 1. The number of phenols is 1. The second kappa shape index (κ2) is 12.9. The van der Waals surface area contributed by atoms with E-state index in [4.69, 9.17) is 14.6 Å². The van der Waals surface area contributed by atoms with Crippen LogP contribution in [0, 0.1) is 5.82 Å². The Morgan fingerprint density at radius 1 is 1.03 bits per heavy atom. The summed E-state index contributed by atoms with van der Waals surface area (Å²) >= 11 is 0. The van der Waals surface area contributed by atoms with Crippen molar-refractivity contribution in [3.05, 3.63) is 102 Å². The van der Waals surface area contributed by atoms with E-state index in [0.717, 1.165) is 18.2 Å². The van der Waals surface area contributed by atoms with Gasteiger partial charge in [0.2, 0.25) is 0 Å². The lowest BCUT2D eigenvalue weighted by Crippen LogP contribution is -2.31. The van der Waals surface area contributed by atoms with Gasteiger partial charge in [-0.3, -0.25) is 10.1 Å². The van der Waals surface area contributed by atoms with Crippen molar-refractivity contribution in [3.8, 4) is 11.5 Å². The number of rotatable bonds is 11. The fourth-order valence-corrected chi connectivity index (χ4v) is 3.50. The van der Waals surface area contributed by atoms with E-state index in [-0.39, 0.29) is 24.2 Å². The van der Waals surface area contributed by atoms with Crippen LogP contribution in [0.3, 0.4) is 0 Å². The van der Waals surface area contributed by atoms with Crippen LogP contribution in [0.4, 0.5) is 14.9 Å².